The SMILES string of the molecule is O=c1[nH]ncc(N2CCCC3(CCCNC3)C2)c1Cl. The maximum Gasteiger partial charge on any atom is 0.285 e. The lowest BCUT2D eigenvalue weighted by molar-refractivity contribution is 0.173. The van der Waals surface area contributed by atoms with E-state index in [1.807, 2.05) is 0 Å². The normalized spacial score (nSPS) is 27.7. The first-order chi connectivity index (χ1) is 9.20. The molecule has 19 heavy (non-hydrogen) atoms. The van der Waals surface area contributed by atoms with Crippen LogP contribution in [0.15, 0.2) is 11.0 Å². The van der Waals surface area contributed by atoms with Crippen molar-refractivity contribution >= 4 is 17.3 Å². The standard InChI is InChI=1S/C13H19ClN4O/c14-11-10(7-16-17-12(11)19)18-6-2-4-13(9-18)3-1-5-15-8-13/h7,15H,1-6,8-9H2,(H,17,19). The second kappa shape index (κ2) is 5.13. The summed E-state index contributed by atoms with van der Waals surface area (Å²) >= 11 is 6.11. The molecular weight excluding hydrogens is 264 g/mol. The minimum atomic E-state index is -0.305. The highest BCUT2D eigenvalue weighted by molar-refractivity contribution is 6.33. The summed E-state index contributed by atoms with van der Waals surface area (Å²) in [7, 11) is 0. The van der Waals surface area contributed by atoms with Gasteiger partial charge in [0.05, 0.1) is 11.9 Å². The van der Waals surface area contributed by atoms with Gasteiger partial charge in [0, 0.05) is 25.0 Å². The first-order valence-electron chi connectivity index (χ1n) is 6.89. The van der Waals surface area contributed by atoms with Crippen LogP contribution in [0.1, 0.15) is 25.7 Å². The molecule has 5 nitrogen and oxygen atoms in total. The van der Waals surface area contributed by atoms with Crippen molar-refractivity contribution in [3.05, 3.63) is 21.6 Å². The second-order valence-electron chi connectivity index (χ2n) is 5.70. The molecule has 3 heterocycles. The van der Waals surface area contributed by atoms with E-state index in [-0.39, 0.29) is 10.6 Å². The van der Waals surface area contributed by atoms with Crippen molar-refractivity contribution in [2.75, 3.05) is 31.1 Å². The topological polar surface area (TPSA) is 61.0 Å². The molecule has 2 saturated heterocycles. The molecule has 0 bridgehead atoms. The number of aromatic amines is 1. The average molecular weight is 283 g/mol. The van der Waals surface area contributed by atoms with Gasteiger partial charge < -0.3 is 10.2 Å². The van der Waals surface area contributed by atoms with Crippen LogP contribution in [0.3, 0.4) is 0 Å². The van der Waals surface area contributed by atoms with E-state index in [1.54, 1.807) is 6.20 Å². The van der Waals surface area contributed by atoms with Crippen LogP contribution in [-0.4, -0.2) is 36.4 Å². The molecule has 2 fully saturated rings. The number of rotatable bonds is 1. The van der Waals surface area contributed by atoms with Gasteiger partial charge in [0.2, 0.25) is 0 Å². The van der Waals surface area contributed by atoms with E-state index < -0.39 is 0 Å². The van der Waals surface area contributed by atoms with Crippen LogP contribution in [0.4, 0.5) is 5.69 Å². The number of H-pyrrole nitrogens is 1. The first kappa shape index (κ1) is 12.9. The van der Waals surface area contributed by atoms with Crippen molar-refractivity contribution < 1.29 is 0 Å². The predicted octanol–water partition coefficient (Wildman–Crippen LogP) is 1.39. The average Bonchev–Trinajstić information content (AvgIpc) is 2.43. The quantitative estimate of drug-likeness (QED) is 0.817. The lowest BCUT2D eigenvalue weighted by Crippen LogP contribution is -2.51. The summed E-state index contributed by atoms with van der Waals surface area (Å²) < 4.78 is 0. The first-order valence-corrected chi connectivity index (χ1v) is 7.27. The maximum absolute atomic E-state index is 11.6. The van der Waals surface area contributed by atoms with Crippen LogP contribution in [0.5, 0.6) is 0 Å². The highest BCUT2D eigenvalue weighted by atomic mass is 35.5. The van der Waals surface area contributed by atoms with Gasteiger partial charge in [0.25, 0.3) is 5.56 Å². The van der Waals surface area contributed by atoms with Crippen LogP contribution in [-0.2, 0) is 0 Å². The molecule has 2 aliphatic rings. The molecular formula is C13H19ClN4O. The van der Waals surface area contributed by atoms with E-state index in [1.165, 1.54) is 19.3 Å². The molecule has 1 spiro atoms. The van der Waals surface area contributed by atoms with E-state index in [2.05, 4.69) is 20.4 Å². The smallest absolute Gasteiger partial charge is 0.285 e. The van der Waals surface area contributed by atoms with Crippen LogP contribution in [0, 0.1) is 5.41 Å². The lowest BCUT2D eigenvalue weighted by Gasteiger charge is -2.46. The van der Waals surface area contributed by atoms with Crippen molar-refractivity contribution in [1.82, 2.24) is 15.5 Å². The summed E-state index contributed by atoms with van der Waals surface area (Å²) in [4.78, 5) is 13.8. The molecule has 2 N–H and O–H groups in total. The van der Waals surface area contributed by atoms with Gasteiger partial charge >= 0.3 is 0 Å². The Hall–Kier alpha value is -1.07. The molecule has 3 rings (SSSR count). The Labute approximate surface area is 117 Å². The van der Waals surface area contributed by atoms with Gasteiger partial charge in [-0.05, 0) is 32.2 Å². The largest absolute Gasteiger partial charge is 0.368 e. The number of nitrogens with one attached hydrogen (secondary N) is 2. The van der Waals surface area contributed by atoms with Crippen LogP contribution >= 0.6 is 11.6 Å². The fourth-order valence-electron chi connectivity index (χ4n) is 3.39. The number of aromatic nitrogens is 2. The number of nitrogens with zero attached hydrogens (tertiary/aromatic N) is 2. The van der Waals surface area contributed by atoms with Crippen molar-refractivity contribution in [1.29, 1.82) is 0 Å². The Balaban J connectivity index is 1.85. The minimum Gasteiger partial charge on any atom is -0.368 e. The molecule has 1 atom stereocenters. The van der Waals surface area contributed by atoms with Gasteiger partial charge in [-0.3, -0.25) is 4.79 Å². The molecule has 0 saturated carbocycles. The number of hydrogen-bond donors (Lipinski definition) is 2. The fraction of sp³-hybridized carbons (Fsp3) is 0.692. The molecule has 1 aromatic heterocycles. The molecule has 0 radical (unpaired) electrons. The maximum atomic E-state index is 11.6. The highest BCUT2D eigenvalue weighted by Crippen LogP contribution is 2.38. The minimum absolute atomic E-state index is 0.260. The summed E-state index contributed by atoms with van der Waals surface area (Å²) in [5.41, 5.74) is 0.804. The third-order valence-corrected chi connectivity index (χ3v) is 4.71. The molecule has 0 amide bonds. The van der Waals surface area contributed by atoms with Gasteiger partial charge in [0.1, 0.15) is 5.02 Å². The second-order valence-corrected chi connectivity index (χ2v) is 6.08. The predicted molar refractivity (Wildman–Crippen MR) is 75.9 cm³/mol. The molecule has 2 aliphatic heterocycles. The Morgan fingerprint density at radius 3 is 3.00 bits per heavy atom. The van der Waals surface area contributed by atoms with Gasteiger partial charge in [-0.25, -0.2) is 5.10 Å². The van der Waals surface area contributed by atoms with Gasteiger partial charge in [0.15, 0.2) is 0 Å². The molecule has 1 aromatic rings. The van der Waals surface area contributed by atoms with E-state index in [0.29, 0.717) is 5.41 Å². The van der Waals surface area contributed by atoms with Crippen molar-refractivity contribution in [3.8, 4) is 0 Å². The number of piperidine rings is 2. The highest BCUT2D eigenvalue weighted by Gasteiger charge is 2.37. The summed E-state index contributed by atoms with van der Waals surface area (Å²) in [6, 6.07) is 0. The van der Waals surface area contributed by atoms with E-state index in [9.17, 15) is 4.79 Å². The van der Waals surface area contributed by atoms with E-state index >= 15 is 0 Å². The Bertz CT molecular complexity index is 504. The van der Waals surface area contributed by atoms with Gasteiger partial charge in [-0.15, -0.1) is 0 Å². The Morgan fingerprint density at radius 2 is 2.21 bits per heavy atom. The number of hydrogen-bond acceptors (Lipinski definition) is 4. The summed E-state index contributed by atoms with van der Waals surface area (Å²) in [6.07, 6.45) is 6.55. The molecule has 0 aromatic carbocycles. The van der Waals surface area contributed by atoms with Crippen LogP contribution < -0.4 is 15.8 Å². The third kappa shape index (κ3) is 2.49. The van der Waals surface area contributed by atoms with Crippen LogP contribution in [0.25, 0.3) is 0 Å². The van der Waals surface area contributed by atoms with E-state index in [4.69, 9.17) is 11.6 Å². The van der Waals surface area contributed by atoms with E-state index in [0.717, 1.165) is 38.3 Å². The monoisotopic (exact) mass is 282 g/mol. The zero-order valence-electron chi connectivity index (χ0n) is 10.9. The summed E-state index contributed by atoms with van der Waals surface area (Å²) in [6.45, 7) is 4.10. The summed E-state index contributed by atoms with van der Waals surface area (Å²) in [5, 5.41) is 10.0. The molecule has 6 heteroatoms. The molecule has 104 valence electrons. The molecule has 0 aliphatic carbocycles. The molecule has 1 unspecified atom stereocenters. The zero-order valence-corrected chi connectivity index (χ0v) is 11.7. The number of halogens is 1. The van der Waals surface area contributed by atoms with Crippen molar-refractivity contribution in [3.63, 3.8) is 0 Å². The Morgan fingerprint density at radius 1 is 1.37 bits per heavy atom. The van der Waals surface area contributed by atoms with Crippen LogP contribution in [0.2, 0.25) is 5.02 Å². The lowest BCUT2D eigenvalue weighted by atomic mass is 9.74. The Kier molecular flexibility index (Phi) is 3.50. The van der Waals surface area contributed by atoms with Gasteiger partial charge in [-0.1, -0.05) is 11.6 Å². The summed E-state index contributed by atoms with van der Waals surface area (Å²) in [5.74, 6) is 0. The fourth-order valence-corrected chi connectivity index (χ4v) is 3.60. The zero-order chi connectivity index (χ0) is 13.3. The number of anilines is 1. The van der Waals surface area contributed by atoms with Crippen molar-refractivity contribution in [2.45, 2.75) is 25.7 Å². The third-order valence-electron chi connectivity index (χ3n) is 4.34. The van der Waals surface area contributed by atoms with Gasteiger partial charge in [-0.2, -0.15) is 5.10 Å². The van der Waals surface area contributed by atoms with Crippen molar-refractivity contribution in [2.24, 2.45) is 5.41 Å².